The molecule has 0 fully saturated rings. The molecule has 1 radical (unpaired) electrons. The molecule has 0 aromatic heterocycles. The molecule has 0 saturated carbocycles. The predicted octanol–water partition coefficient (Wildman–Crippen LogP) is 2.35. The molecular weight excluding hydrogens is 136 g/mol. The summed E-state index contributed by atoms with van der Waals surface area (Å²) in [5, 5.41) is 0. The lowest BCUT2D eigenvalue weighted by Crippen LogP contribution is -1.93. The highest BCUT2D eigenvalue weighted by Gasteiger charge is 1.94. The van der Waals surface area contributed by atoms with Gasteiger partial charge in [0.25, 0.3) is 0 Å². The zero-order chi connectivity index (χ0) is 8.10. The topological polar surface area (TPSA) is 9.23 Å². The Morgan fingerprint density at radius 1 is 1.36 bits per heavy atom. The zero-order valence-corrected chi connectivity index (χ0v) is 6.84. The van der Waals surface area contributed by atoms with Crippen LogP contribution in [0.25, 0.3) is 0 Å². The second-order valence-corrected chi connectivity index (χ2v) is 2.48. The van der Waals surface area contributed by atoms with Crippen molar-refractivity contribution in [2.75, 3.05) is 6.61 Å². The van der Waals surface area contributed by atoms with Gasteiger partial charge in [0.05, 0.1) is 6.61 Å². The highest BCUT2D eigenvalue weighted by atomic mass is 16.5. The molecule has 1 aromatic carbocycles. The summed E-state index contributed by atoms with van der Waals surface area (Å²) < 4.78 is 5.19. The Morgan fingerprint density at radius 3 is 2.73 bits per heavy atom. The van der Waals surface area contributed by atoms with Crippen LogP contribution >= 0.6 is 0 Å². The van der Waals surface area contributed by atoms with Gasteiger partial charge >= 0.3 is 0 Å². The highest BCUT2D eigenvalue weighted by molar-refractivity contribution is 5.24. The Labute approximate surface area is 68.0 Å². The fourth-order valence-electron chi connectivity index (χ4n) is 0.954. The van der Waals surface area contributed by atoms with Crippen LogP contribution in [0.1, 0.15) is 11.1 Å². The second kappa shape index (κ2) is 4.14. The molecule has 0 saturated heterocycles. The van der Waals surface area contributed by atoms with Gasteiger partial charge in [0.2, 0.25) is 0 Å². The lowest BCUT2D eigenvalue weighted by molar-refractivity contribution is 0.147. The highest BCUT2D eigenvalue weighted by Crippen LogP contribution is 2.07. The first-order valence-corrected chi connectivity index (χ1v) is 3.76. The van der Waals surface area contributed by atoms with E-state index in [1.165, 1.54) is 11.1 Å². The maximum atomic E-state index is 5.19. The summed E-state index contributed by atoms with van der Waals surface area (Å²) in [5.41, 5.74) is 2.53. The summed E-state index contributed by atoms with van der Waals surface area (Å²) in [6.45, 7) is 6.91. The van der Waals surface area contributed by atoms with Crippen molar-refractivity contribution in [1.29, 1.82) is 0 Å². The molecular formula is C10H13O. The molecule has 0 aliphatic heterocycles. The fraction of sp³-hybridized carbons (Fsp3) is 0.300. The lowest BCUT2D eigenvalue weighted by Gasteiger charge is -2.03. The number of hydrogen-bond acceptors (Lipinski definition) is 1. The Hall–Kier alpha value is -0.820. The van der Waals surface area contributed by atoms with Gasteiger partial charge in [-0.05, 0) is 25.0 Å². The maximum absolute atomic E-state index is 5.19. The van der Waals surface area contributed by atoms with Crippen molar-refractivity contribution < 1.29 is 4.74 Å². The molecule has 11 heavy (non-hydrogen) atoms. The van der Waals surface area contributed by atoms with Gasteiger partial charge in [0.15, 0.2) is 0 Å². The van der Waals surface area contributed by atoms with Crippen LogP contribution in [0.2, 0.25) is 0 Å². The van der Waals surface area contributed by atoms with Gasteiger partial charge in [-0.15, -0.1) is 0 Å². The van der Waals surface area contributed by atoms with Crippen LogP contribution in [0.3, 0.4) is 0 Å². The third-order valence-corrected chi connectivity index (χ3v) is 1.66. The Balaban J connectivity index is 2.62. The third kappa shape index (κ3) is 2.35. The van der Waals surface area contributed by atoms with Gasteiger partial charge < -0.3 is 4.74 Å². The zero-order valence-electron chi connectivity index (χ0n) is 6.84. The van der Waals surface area contributed by atoms with Gasteiger partial charge in [-0.3, -0.25) is 0 Å². The van der Waals surface area contributed by atoms with E-state index < -0.39 is 0 Å². The minimum absolute atomic E-state index is 0.536. The molecule has 1 rings (SSSR count). The molecule has 0 bridgehead atoms. The standard InChI is InChI=1S/C10H13O/c1-3-11-8-10-7-5-4-6-9(10)2/h4-7H,1,3,8H2,2H3. The van der Waals surface area contributed by atoms with Crippen LogP contribution < -0.4 is 0 Å². The van der Waals surface area contributed by atoms with Crippen LogP contribution in [0.5, 0.6) is 0 Å². The van der Waals surface area contributed by atoms with Gasteiger partial charge in [0, 0.05) is 6.61 Å². The minimum Gasteiger partial charge on any atom is -0.377 e. The molecule has 0 aliphatic rings. The summed E-state index contributed by atoms with van der Waals surface area (Å²) in [5.74, 6) is 0. The number of aryl methyl sites for hydroxylation is 1. The average molecular weight is 149 g/mol. The van der Waals surface area contributed by atoms with Crippen LogP contribution in [0, 0.1) is 13.8 Å². The summed E-state index contributed by atoms with van der Waals surface area (Å²) in [6.07, 6.45) is 0. The molecule has 1 nitrogen and oxygen atoms in total. The van der Waals surface area contributed by atoms with E-state index in [2.05, 4.69) is 26.0 Å². The summed E-state index contributed by atoms with van der Waals surface area (Å²) in [4.78, 5) is 0. The average Bonchev–Trinajstić information content (AvgIpc) is 2.03. The second-order valence-electron chi connectivity index (χ2n) is 2.48. The monoisotopic (exact) mass is 149 g/mol. The smallest absolute Gasteiger partial charge is 0.0719 e. The molecule has 1 aromatic rings. The molecule has 59 valence electrons. The third-order valence-electron chi connectivity index (χ3n) is 1.66. The molecule has 0 heterocycles. The predicted molar refractivity (Wildman–Crippen MR) is 46.2 cm³/mol. The largest absolute Gasteiger partial charge is 0.377 e. The number of ether oxygens (including phenoxy) is 1. The van der Waals surface area contributed by atoms with E-state index in [4.69, 9.17) is 4.74 Å². The van der Waals surface area contributed by atoms with Crippen molar-refractivity contribution in [1.82, 2.24) is 0 Å². The maximum Gasteiger partial charge on any atom is 0.0719 e. The Bertz CT molecular complexity index is 218. The normalized spacial score (nSPS) is 10.0. The van der Waals surface area contributed by atoms with Crippen molar-refractivity contribution in [3.05, 3.63) is 42.3 Å². The summed E-state index contributed by atoms with van der Waals surface area (Å²) in [6, 6.07) is 8.21. The van der Waals surface area contributed by atoms with Gasteiger partial charge in [0.1, 0.15) is 0 Å². The first-order valence-electron chi connectivity index (χ1n) is 3.76. The van der Waals surface area contributed by atoms with E-state index in [0.717, 1.165) is 0 Å². The SMILES string of the molecule is [CH2]COCc1ccccc1C. The van der Waals surface area contributed by atoms with Crippen LogP contribution in [0.4, 0.5) is 0 Å². The minimum atomic E-state index is 0.536. The van der Waals surface area contributed by atoms with E-state index in [1.54, 1.807) is 0 Å². The molecule has 0 N–H and O–H groups in total. The van der Waals surface area contributed by atoms with Crippen molar-refractivity contribution >= 4 is 0 Å². The molecule has 0 amide bonds. The molecule has 1 heteroatoms. The van der Waals surface area contributed by atoms with Crippen LogP contribution in [-0.4, -0.2) is 6.61 Å². The van der Waals surface area contributed by atoms with Crippen molar-refractivity contribution in [3.63, 3.8) is 0 Å². The van der Waals surface area contributed by atoms with E-state index in [9.17, 15) is 0 Å². The first-order chi connectivity index (χ1) is 5.34. The number of hydrogen-bond donors (Lipinski definition) is 0. The molecule has 0 atom stereocenters. The van der Waals surface area contributed by atoms with Crippen molar-refractivity contribution in [2.45, 2.75) is 13.5 Å². The Kier molecular flexibility index (Phi) is 3.12. The number of rotatable bonds is 3. The Morgan fingerprint density at radius 2 is 2.09 bits per heavy atom. The fourth-order valence-corrected chi connectivity index (χ4v) is 0.954. The summed E-state index contributed by atoms with van der Waals surface area (Å²) in [7, 11) is 0. The van der Waals surface area contributed by atoms with Gasteiger partial charge in [-0.1, -0.05) is 24.3 Å². The molecule has 0 unspecified atom stereocenters. The number of benzene rings is 1. The van der Waals surface area contributed by atoms with E-state index >= 15 is 0 Å². The quantitative estimate of drug-likeness (QED) is 0.641. The molecule has 0 spiro atoms. The first kappa shape index (κ1) is 8.28. The van der Waals surface area contributed by atoms with Crippen molar-refractivity contribution in [3.8, 4) is 0 Å². The van der Waals surface area contributed by atoms with Crippen LogP contribution in [0.15, 0.2) is 24.3 Å². The van der Waals surface area contributed by atoms with E-state index in [-0.39, 0.29) is 0 Å². The van der Waals surface area contributed by atoms with Gasteiger partial charge in [-0.25, -0.2) is 0 Å². The lowest BCUT2D eigenvalue weighted by atomic mass is 10.1. The summed E-state index contributed by atoms with van der Waals surface area (Å²) >= 11 is 0. The molecule has 0 aliphatic carbocycles. The van der Waals surface area contributed by atoms with Gasteiger partial charge in [-0.2, -0.15) is 0 Å². The van der Waals surface area contributed by atoms with E-state index in [0.29, 0.717) is 13.2 Å². The van der Waals surface area contributed by atoms with Crippen molar-refractivity contribution in [2.24, 2.45) is 0 Å². The van der Waals surface area contributed by atoms with E-state index in [1.807, 2.05) is 12.1 Å². The van der Waals surface area contributed by atoms with Crippen LogP contribution in [-0.2, 0) is 11.3 Å².